The summed E-state index contributed by atoms with van der Waals surface area (Å²) in [6, 6.07) is 25.6. The largest absolute Gasteiger partial charge is 0.473 e. The lowest BCUT2D eigenvalue weighted by molar-refractivity contribution is -0.159. The number of aliphatic carboxylic acids is 4. The van der Waals surface area contributed by atoms with Gasteiger partial charge in [-0.25, -0.2) is 19.2 Å². The van der Waals surface area contributed by atoms with Gasteiger partial charge in [0.15, 0.2) is 0 Å². The van der Waals surface area contributed by atoms with E-state index in [9.17, 15) is 0 Å². The molecule has 0 saturated carbocycles. The van der Waals surface area contributed by atoms with E-state index in [1.165, 1.54) is 16.0 Å². The molecule has 0 saturated heterocycles. The second kappa shape index (κ2) is 17.1. The molecule has 0 aliphatic carbocycles. The van der Waals surface area contributed by atoms with Gasteiger partial charge in [-0.15, -0.1) is 11.3 Å². The van der Waals surface area contributed by atoms with Gasteiger partial charge in [0.25, 0.3) is 0 Å². The molecule has 0 fully saturated rings. The van der Waals surface area contributed by atoms with Crippen LogP contribution in [0.1, 0.15) is 22.0 Å². The first-order chi connectivity index (χ1) is 20.0. The Morgan fingerprint density at radius 1 is 0.833 bits per heavy atom. The van der Waals surface area contributed by atoms with Crippen LogP contribution in [0.3, 0.4) is 0 Å². The molecule has 4 aromatic rings. The number of hydrogen-bond donors (Lipinski definition) is 5. The van der Waals surface area contributed by atoms with Crippen molar-refractivity contribution in [3.63, 3.8) is 0 Å². The van der Waals surface area contributed by atoms with Crippen LogP contribution in [0.15, 0.2) is 84.4 Å². The van der Waals surface area contributed by atoms with E-state index in [0.29, 0.717) is 6.04 Å². The molecule has 2 heterocycles. The highest BCUT2D eigenvalue weighted by Gasteiger charge is 2.16. The van der Waals surface area contributed by atoms with Crippen molar-refractivity contribution in [2.24, 2.45) is 0 Å². The Morgan fingerprint density at radius 3 is 1.86 bits per heavy atom. The summed E-state index contributed by atoms with van der Waals surface area (Å²) in [5.41, 5.74) is 4.69. The van der Waals surface area contributed by atoms with Crippen molar-refractivity contribution >= 4 is 35.2 Å². The Balaban J connectivity index is 0.000000434. The molecule has 0 spiro atoms. The van der Waals surface area contributed by atoms with Crippen molar-refractivity contribution in [3.05, 3.63) is 100 Å². The van der Waals surface area contributed by atoms with Gasteiger partial charge in [0.1, 0.15) is 0 Å². The van der Waals surface area contributed by atoms with Gasteiger partial charge in [-0.2, -0.15) is 5.10 Å². The zero-order valence-corrected chi connectivity index (χ0v) is 23.8. The lowest BCUT2D eigenvalue weighted by Crippen LogP contribution is -2.30. The van der Waals surface area contributed by atoms with Crippen LogP contribution >= 0.6 is 11.3 Å². The number of carbonyl (C=O) groups is 4. The molecule has 222 valence electrons. The Kier molecular flexibility index (Phi) is 13.6. The monoisotopic (exact) mass is 596 g/mol. The minimum absolute atomic E-state index is 0.365. The molecule has 4 rings (SSSR count). The number of likely N-dealkylation sites (N-methyl/N-ethyl adjacent to an activating group) is 1. The van der Waals surface area contributed by atoms with Crippen LogP contribution < -0.4 is 5.32 Å². The SMILES string of the molecule is CN(C)C(CNCc1cn(Cc2ccccc2)nc1-c1ccccc1)c1cccs1.O=C(O)C(=O)O.O=C(O)C(=O)O. The zero-order chi connectivity index (χ0) is 31.1. The number of nitrogens with one attached hydrogen (secondary N) is 1. The molecule has 0 bridgehead atoms. The van der Waals surface area contributed by atoms with Crippen LogP contribution in [0.2, 0.25) is 0 Å². The van der Waals surface area contributed by atoms with Gasteiger partial charge in [-0.1, -0.05) is 66.7 Å². The van der Waals surface area contributed by atoms with Gasteiger partial charge in [-0.3, -0.25) is 4.68 Å². The number of rotatable bonds is 9. The highest BCUT2D eigenvalue weighted by Crippen LogP contribution is 2.24. The molecular formula is C29H32N4O8S. The average Bonchev–Trinajstić information content (AvgIpc) is 3.63. The van der Waals surface area contributed by atoms with E-state index >= 15 is 0 Å². The first-order valence-electron chi connectivity index (χ1n) is 12.5. The van der Waals surface area contributed by atoms with Crippen molar-refractivity contribution in [2.75, 3.05) is 20.6 Å². The summed E-state index contributed by atoms with van der Waals surface area (Å²) >= 11 is 1.81. The smallest absolute Gasteiger partial charge is 0.414 e. The quantitative estimate of drug-likeness (QED) is 0.179. The number of benzene rings is 2. The third kappa shape index (κ3) is 11.3. The predicted octanol–water partition coefficient (Wildman–Crippen LogP) is 3.36. The third-order valence-corrected chi connectivity index (χ3v) is 6.56. The average molecular weight is 597 g/mol. The second-order valence-electron chi connectivity index (χ2n) is 8.90. The number of aromatic nitrogens is 2. The fraction of sp³-hybridized carbons (Fsp3) is 0.207. The minimum atomic E-state index is -1.82. The normalized spacial score (nSPS) is 10.9. The number of carboxylic acid groups (broad SMARTS) is 4. The number of hydrogen-bond acceptors (Lipinski definition) is 8. The Hall–Kier alpha value is -4.85. The maximum atomic E-state index is 9.10. The third-order valence-electron chi connectivity index (χ3n) is 5.59. The molecule has 0 radical (unpaired) electrons. The van der Waals surface area contributed by atoms with Gasteiger partial charge in [0, 0.05) is 35.3 Å². The van der Waals surface area contributed by atoms with E-state index in [4.69, 9.17) is 44.7 Å². The van der Waals surface area contributed by atoms with Crippen LogP contribution in [-0.4, -0.2) is 79.6 Å². The zero-order valence-electron chi connectivity index (χ0n) is 23.0. The molecule has 1 unspecified atom stereocenters. The Morgan fingerprint density at radius 2 is 1.38 bits per heavy atom. The molecule has 5 N–H and O–H groups in total. The fourth-order valence-electron chi connectivity index (χ4n) is 3.64. The van der Waals surface area contributed by atoms with Crippen LogP contribution in [-0.2, 0) is 32.3 Å². The van der Waals surface area contributed by atoms with Crippen molar-refractivity contribution in [3.8, 4) is 11.3 Å². The first-order valence-corrected chi connectivity index (χ1v) is 13.4. The lowest BCUT2D eigenvalue weighted by atomic mass is 10.1. The fourth-order valence-corrected chi connectivity index (χ4v) is 4.57. The van der Waals surface area contributed by atoms with Gasteiger partial charge in [0.05, 0.1) is 18.3 Å². The molecule has 1 atom stereocenters. The van der Waals surface area contributed by atoms with Crippen LogP contribution in [0.25, 0.3) is 11.3 Å². The van der Waals surface area contributed by atoms with Gasteiger partial charge in [-0.05, 0) is 31.1 Å². The summed E-state index contributed by atoms with van der Waals surface area (Å²) in [7, 11) is 4.28. The van der Waals surface area contributed by atoms with E-state index < -0.39 is 23.9 Å². The van der Waals surface area contributed by atoms with E-state index in [0.717, 1.165) is 30.9 Å². The van der Waals surface area contributed by atoms with Crippen molar-refractivity contribution < 1.29 is 39.6 Å². The Bertz CT molecular complexity index is 1380. The summed E-state index contributed by atoms with van der Waals surface area (Å²) in [6.45, 7) is 2.45. The van der Waals surface area contributed by atoms with Crippen LogP contribution in [0.4, 0.5) is 0 Å². The highest BCUT2D eigenvalue weighted by molar-refractivity contribution is 7.10. The van der Waals surface area contributed by atoms with E-state index in [1.807, 2.05) is 23.5 Å². The highest BCUT2D eigenvalue weighted by atomic mass is 32.1. The van der Waals surface area contributed by atoms with Gasteiger partial charge in [0.2, 0.25) is 0 Å². The molecule has 2 aromatic carbocycles. The van der Waals surface area contributed by atoms with E-state index in [2.05, 4.69) is 101 Å². The standard InChI is InChI=1S/C25H28N4S.2C2H2O4/c1-28(2)23(24-14-9-15-30-24)17-26-16-22-19-29(18-20-10-5-3-6-11-20)27-25(22)21-12-7-4-8-13-21;2*3-1(4)2(5)6/h3-15,19,23,26H,16-18H2,1-2H3;2*(H,3,4)(H,5,6). The van der Waals surface area contributed by atoms with Crippen molar-refractivity contribution in [1.29, 1.82) is 0 Å². The summed E-state index contributed by atoms with van der Waals surface area (Å²) in [6.07, 6.45) is 2.18. The van der Waals surface area contributed by atoms with Crippen LogP contribution in [0.5, 0.6) is 0 Å². The van der Waals surface area contributed by atoms with E-state index in [-0.39, 0.29) is 0 Å². The number of nitrogens with zero attached hydrogens (tertiary/aromatic N) is 3. The maximum absolute atomic E-state index is 9.10. The number of thiophene rings is 1. The maximum Gasteiger partial charge on any atom is 0.414 e. The van der Waals surface area contributed by atoms with Gasteiger partial charge < -0.3 is 30.6 Å². The predicted molar refractivity (Wildman–Crippen MR) is 156 cm³/mol. The first kappa shape index (κ1) is 33.4. The molecule has 0 aliphatic rings. The topological polar surface area (TPSA) is 182 Å². The minimum Gasteiger partial charge on any atom is -0.473 e. The van der Waals surface area contributed by atoms with E-state index in [1.54, 1.807) is 0 Å². The molecule has 12 nitrogen and oxygen atoms in total. The second-order valence-corrected chi connectivity index (χ2v) is 9.88. The molecular weight excluding hydrogens is 564 g/mol. The molecule has 0 amide bonds. The van der Waals surface area contributed by atoms with Crippen LogP contribution in [0, 0.1) is 0 Å². The van der Waals surface area contributed by atoms with Gasteiger partial charge >= 0.3 is 23.9 Å². The molecule has 13 heteroatoms. The van der Waals surface area contributed by atoms with Crippen molar-refractivity contribution in [2.45, 2.75) is 19.1 Å². The summed E-state index contributed by atoms with van der Waals surface area (Å²) in [4.78, 5) is 40.1. The lowest BCUT2D eigenvalue weighted by Gasteiger charge is -2.23. The Labute approximate surface area is 246 Å². The molecule has 42 heavy (non-hydrogen) atoms. The molecule has 0 aliphatic heterocycles. The van der Waals surface area contributed by atoms with Crippen molar-refractivity contribution in [1.82, 2.24) is 20.0 Å². The summed E-state index contributed by atoms with van der Waals surface area (Å²) < 4.78 is 2.05. The molecule has 2 aromatic heterocycles. The number of carboxylic acids is 4. The summed E-state index contributed by atoms with van der Waals surface area (Å²) in [5.74, 6) is -7.30. The summed E-state index contributed by atoms with van der Waals surface area (Å²) in [5, 5.41) is 40.3.